The van der Waals surface area contributed by atoms with Gasteiger partial charge in [0.2, 0.25) is 5.91 Å². The van der Waals surface area contributed by atoms with Crippen LogP contribution in [0.1, 0.15) is 26.5 Å². The molecule has 0 fully saturated rings. The molecule has 2 N–H and O–H groups in total. The van der Waals surface area contributed by atoms with E-state index < -0.39 is 0 Å². The van der Waals surface area contributed by atoms with Gasteiger partial charge in [0.15, 0.2) is 5.13 Å². The predicted molar refractivity (Wildman–Crippen MR) is 126 cm³/mol. The van der Waals surface area contributed by atoms with Crippen molar-refractivity contribution in [3.63, 3.8) is 0 Å². The number of thiazole rings is 1. The molecule has 2 heterocycles. The van der Waals surface area contributed by atoms with Crippen molar-refractivity contribution in [3.8, 4) is 11.8 Å². The Balaban J connectivity index is 1.34. The monoisotopic (exact) mass is 443 g/mol. The van der Waals surface area contributed by atoms with E-state index in [2.05, 4.69) is 27.5 Å². The SMILES string of the molecule is O=C(Cc1csc(NC(=O)c2ccccc2)n1)Nc1cccc(C#Cc2cccs2)c1. The number of benzene rings is 2. The van der Waals surface area contributed by atoms with Crippen molar-refractivity contribution in [2.45, 2.75) is 6.42 Å². The Kier molecular flexibility index (Phi) is 6.53. The minimum Gasteiger partial charge on any atom is -0.326 e. The molecule has 0 spiro atoms. The van der Waals surface area contributed by atoms with Crippen LogP contribution in [0.5, 0.6) is 0 Å². The number of aromatic nitrogens is 1. The molecule has 0 radical (unpaired) electrons. The molecule has 0 unspecified atom stereocenters. The normalized spacial score (nSPS) is 10.1. The molecule has 31 heavy (non-hydrogen) atoms. The van der Waals surface area contributed by atoms with Crippen molar-refractivity contribution < 1.29 is 9.59 Å². The zero-order chi connectivity index (χ0) is 21.5. The average Bonchev–Trinajstić information content (AvgIpc) is 3.45. The van der Waals surface area contributed by atoms with E-state index in [4.69, 9.17) is 0 Å². The van der Waals surface area contributed by atoms with Crippen LogP contribution >= 0.6 is 22.7 Å². The third-order valence-electron chi connectivity index (χ3n) is 4.15. The molecule has 4 aromatic rings. The van der Waals surface area contributed by atoms with Crippen LogP contribution in [0.4, 0.5) is 10.8 Å². The van der Waals surface area contributed by atoms with Gasteiger partial charge in [0, 0.05) is 22.2 Å². The lowest BCUT2D eigenvalue weighted by Crippen LogP contribution is -2.15. The molecular formula is C24H17N3O2S2. The minimum atomic E-state index is -0.230. The predicted octanol–water partition coefficient (Wildman–Crippen LogP) is 5.04. The van der Waals surface area contributed by atoms with E-state index in [0.717, 1.165) is 10.4 Å². The first-order chi connectivity index (χ1) is 15.2. The van der Waals surface area contributed by atoms with Gasteiger partial charge in [-0.25, -0.2) is 4.98 Å². The highest BCUT2D eigenvalue weighted by molar-refractivity contribution is 7.14. The molecule has 0 saturated carbocycles. The summed E-state index contributed by atoms with van der Waals surface area (Å²) >= 11 is 2.88. The molecule has 2 amide bonds. The number of rotatable bonds is 5. The van der Waals surface area contributed by atoms with Crippen LogP contribution in [-0.2, 0) is 11.2 Å². The average molecular weight is 444 g/mol. The lowest BCUT2D eigenvalue weighted by molar-refractivity contribution is -0.115. The van der Waals surface area contributed by atoms with Crippen molar-refractivity contribution in [2.75, 3.05) is 10.6 Å². The summed E-state index contributed by atoms with van der Waals surface area (Å²) in [5, 5.41) is 9.84. The second kappa shape index (κ2) is 9.85. The summed E-state index contributed by atoms with van der Waals surface area (Å²) in [7, 11) is 0. The molecule has 0 bridgehead atoms. The van der Waals surface area contributed by atoms with Crippen LogP contribution in [0.25, 0.3) is 0 Å². The van der Waals surface area contributed by atoms with Crippen molar-refractivity contribution in [1.29, 1.82) is 0 Å². The van der Waals surface area contributed by atoms with Gasteiger partial charge in [-0.15, -0.1) is 22.7 Å². The van der Waals surface area contributed by atoms with Gasteiger partial charge in [0.05, 0.1) is 17.0 Å². The maximum absolute atomic E-state index is 12.4. The van der Waals surface area contributed by atoms with Gasteiger partial charge in [-0.05, 0) is 41.8 Å². The Hall–Kier alpha value is -3.73. The van der Waals surface area contributed by atoms with E-state index in [1.54, 1.807) is 41.0 Å². The van der Waals surface area contributed by atoms with Crippen molar-refractivity contribution in [3.05, 3.63) is 99.2 Å². The lowest BCUT2D eigenvalue weighted by atomic mass is 10.2. The third-order valence-corrected chi connectivity index (χ3v) is 5.74. The Labute approximate surface area is 187 Å². The van der Waals surface area contributed by atoms with Gasteiger partial charge >= 0.3 is 0 Å². The summed E-state index contributed by atoms with van der Waals surface area (Å²) in [5.41, 5.74) is 2.65. The molecular weight excluding hydrogens is 426 g/mol. The molecule has 0 aliphatic heterocycles. The van der Waals surface area contributed by atoms with Crippen molar-refractivity contribution >= 4 is 45.3 Å². The molecule has 0 saturated heterocycles. The maximum Gasteiger partial charge on any atom is 0.257 e. The van der Waals surface area contributed by atoms with Gasteiger partial charge in [-0.3, -0.25) is 14.9 Å². The molecule has 0 atom stereocenters. The largest absolute Gasteiger partial charge is 0.326 e. The first-order valence-corrected chi connectivity index (χ1v) is 11.2. The number of thiophene rings is 1. The molecule has 0 aliphatic carbocycles. The molecule has 0 aliphatic rings. The maximum atomic E-state index is 12.4. The van der Waals surface area contributed by atoms with E-state index in [-0.39, 0.29) is 18.2 Å². The molecule has 2 aromatic heterocycles. The number of amides is 2. The van der Waals surface area contributed by atoms with Crippen LogP contribution < -0.4 is 10.6 Å². The summed E-state index contributed by atoms with van der Waals surface area (Å²) in [4.78, 5) is 30.0. The topological polar surface area (TPSA) is 71.1 Å². The van der Waals surface area contributed by atoms with Crippen LogP contribution in [0.15, 0.2) is 77.5 Å². The van der Waals surface area contributed by atoms with Gasteiger partial charge in [-0.2, -0.15) is 0 Å². The number of hydrogen-bond acceptors (Lipinski definition) is 5. The Morgan fingerprint density at radius 2 is 1.77 bits per heavy atom. The lowest BCUT2D eigenvalue weighted by Gasteiger charge is -2.04. The first kappa shape index (κ1) is 20.5. The van der Waals surface area contributed by atoms with E-state index in [0.29, 0.717) is 22.1 Å². The van der Waals surface area contributed by atoms with Gasteiger partial charge in [0.1, 0.15) is 0 Å². The quantitative estimate of drug-likeness (QED) is 0.425. The fourth-order valence-corrected chi connectivity index (χ4v) is 4.01. The van der Waals surface area contributed by atoms with Gasteiger partial charge in [-0.1, -0.05) is 42.2 Å². The highest BCUT2D eigenvalue weighted by Crippen LogP contribution is 2.18. The summed E-state index contributed by atoms with van der Waals surface area (Å²) < 4.78 is 0. The smallest absolute Gasteiger partial charge is 0.257 e. The fourth-order valence-electron chi connectivity index (χ4n) is 2.73. The van der Waals surface area contributed by atoms with Crippen molar-refractivity contribution in [2.24, 2.45) is 0 Å². The highest BCUT2D eigenvalue weighted by Gasteiger charge is 2.11. The summed E-state index contributed by atoms with van der Waals surface area (Å²) in [5.74, 6) is 5.79. The van der Waals surface area contributed by atoms with E-state index >= 15 is 0 Å². The molecule has 152 valence electrons. The number of carbonyl (C=O) groups is 2. The Bertz CT molecular complexity index is 1250. The number of anilines is 2. The Morgan fingerprint density at radius 1 is 0.903 bits per heavy atom. The van der Waals surface area contributed by atoms with Gasteiger partial charge in [0.25, 0.3) is 5.91 Å². The number of nitrogens with zero attached hydrogens (tertiary/aromatic N) is 1. The number of carbonyl (C=O) groups excluding carboxylic acids is 2. The minimum absolute atomic E-state index is 0.114. The zero-order valence-corrected chi connectivity index (χ0v) is 17.9. The standard InChI is InChI=1S/C24H17N3O2S2/c28-22(25-19-9-4-6-17(14-19)11-12-21-10-5-13-30-21)15-20-16-31-24(26-20)27-23(29)18-7-2-1-3-8-18/h1-10,13-14,16H,15H2,(H,25,28)(H,26,27,29). The fraction of sp³-hybridized carbons (Fsp3) is 0.0417. The molecule has 2 aromatic carbocycles. The second-order valence-corrected chi connectivity index (χ2v) is 8.30. The molecule has 4 rings (SSSR count). The van der Waals surface area contributed by atoms with Crippen LogP contribution in [0, 0.1) is 11.8 Å². The highest BCUT2D eigenvalue weighted by atomic mass is 32.1. The summed E-state index contributed by atoms with van der Waals surface area (Å²) in [6.45, 7) is 0. The van der Waals surface area contributed by atoms with E-state index in [9.17, 15) is 9.59 Å². The van der Waals surface area contributed by atoms with Gasteiger partial charge < -0.3 is 5.32 Å². The van der Waals surface area contributed by atoms with Crippen LogP contribution in [0.3, 0.4) is 0 Å². The van der Waals surface area contributed by atoms with Crippen molar-refractivity contribution in [1.82, 2.24) is 4.98 Å². The summed E-state index contributed by atoms with van der Waals surface area (Å²) in [6.07, 6.45) is 0.114. The Morgan fingerprint density at radius 3 is 2.58 bits per heavy atom. The molecule has 5 nitrogen and oxygen atoms in total. The first-order valence-electron chi connectivity index (χ1n) is 9.42. The van der Waals surface area contributed by atoms with E-state index in [1.165, 1.54) is 11.3 Å². The third kappa shape index (κ3) is 5.89. The number of hydrogen-bond donors (Lipinski definition) is 2. The summed E-state index contributed by atoms with van der Waals surface area (Å²) in [6, 6.07) is 20.3. The zero-order valence-electron chi connectivity index (χ0n) is 16.3. The van der Waals surface area contributed by atoms with Crippen LogP contribution in [0.2, 0.25) is 0 Å². The van der Waals surface area contributed by atoms with E-state index in [1.807, 2.05) is 47.8 Å². The second-order valence-electron chi connectivity index (χ2n) is 6.50. The number of nitrogens with one attached hydrogen (secondary N) is 2. The molecule has 7 heteroatoms. The van der Waals surface area contributed by atoms with Crippen LogP contribution in [-0.4, -0.2) is 16.8 Å².